The molecule has 3 heteroatoms. The molecule has 0 aliphatic heterocycles. The van der Waals surface area contributed by atoms with Gasteiger partial charge in [-0.1, -0.05) is 76.3 Å². The Balaban J connectivity index is 1.84. The first kappa shape index (κ1) is 18.4. The lowest BCUT2D eigenvalue weighted by atomic mass is 10.1. The quantitative estimate of drug-likeness (QED) is 0.406. The number of pyridine rings is 1. The van der Waals surface area contributed by atoms with Crippen LogP contribution in [0.4, 0.5) is 0 Å². The Hall–Kier alpha value is -0.600. The first-order valence-electron chi connectivity index (χ1n) is 8.51. The number of aromatic nitrogens is 1. The molecule has 0 aliphatic carbocycles. The van der Waals surface area contributed by atoms with Crippen molar-refractivity contribution in [3.05, 3.63) is 29.0 Å². The Labute approximate surface area is 135 Å². The monoisotopic (exact) mass is 311 g/mol. The molecule has 0 bridgehead atoms. The van der Waals surface area contributed by atoms with E-state index in [0.29, 0.717) is 11.6 Å². The van der Waals surface area contributed by atoms with E-state index in [-0.39, 0.29) is 0 Å². The van der Waals surface area contributed by atoms with Crippen LogP contribution in [0, 0.1) is 0 Å². The van der Waals surface area contributed by atoms with Gasteiger partial charge in [0.2, 0.25) is 0 Å². The second-order valence-electron chi connectivity index (χ2n) is 5.67. The molecule has 1 aromatic rings. The second kappa shape index (κ2) is 13.1. The minimum Gasteiger partial charge on any atom is -0.375 e. The number of hydrogen-bond donors (Lipinski definition) is 0. The number of hydrogen-bond acceptors (Lipinski definition) is 2. The van der Waals surface area contributed by atoms with Crippen molar-refractivity contribution in [1.82, 2.24) is 4.98 Å². The van der Waals surface area contributed by atoms with Crippen LogP contribution in [0.25, 0.3) is 0 Å². The molecule has 0 amide bonds. The standard InChI is InChI=1S/C18H30ClNO/c1-2-3-4-5-6-7-8-9-10-11-15-21-16-18-17(19)13-12-14-20-18/h12-14H,2-11,15-16H2,1H3. The molecule has 0 atom stereocenters. The van der Waals surface area contributed by atoms with Crippen LogP contribution in [0.5, 0.6) is 0 Å². The van der Waals surface area contributed by atoms with Gasteiger partial charge >= 0.3 is 0 Å². The van der Waals surface area contributed by atoms with Gasteiger partial charge in [0.25, 0.3) is 0 Å². The fourth-order valence-electron chi connectivity index (χ4n) is 2.38. The van der Waals surface area contributed by atoms with Gasteiger partial charge in [-0.2, -0.15) is 0 Å². The molecule has 120 valence electrons. The molecular weight excluding hydrogens is 282 g/mol. The highest BCUT2D eigenvalue weighted by Gasteiger charge is 2.00. The van der Waals surface area contributed by atoms with Crippen molar-refractivity contribution in [3.63, 3.8) is 0 Å². The summed E-state index contributed by atoms with van der Waals surface area (Å²) in [7, 11) is 0. The lowest BCUT2D eigenvalue weighted by Crippen LogP contribution is -1.98. The molecular formula is C18H30ClNO. The third-order valence-electron chi connectivity index (χ3n) is 3.72. The van der Waals surface area contributed by atoms with Gasteiger partial charge in [0.15, 0.2) is 0 Å². The van der Waals surface area contributed by atoms with E-state index in [9.17, 15) is 0 Å². The Morgan fingerprint density at radius 3 is 2.19 bits per heavy atom. The summed E-state index contributed by atoms with van der Waals surface area (Å²) in [5.41, 5.74) is 0.839. The third kappa shape index (κ3) is 9.87. The van der Waals surface area contributed by atoms with Crippen LogP contribution in [0.1, 0.15) is 76.8 Å². The van der Waals surface area contributed by atoms with E-state index >= 15 is 0 Å². The van der Waals surface area contributed by atoms with E-state index in [0.717, 1.165) is 18.7 Å². The van der Waals surface area contributed by atoms with Crippen LogP contribution in [0.15, 0.2) is 18.3 Å². The van der Waals surface area contributed by atoms with Crippen molar-refractivity contribution in [2.75, 3.05) is 6.61 Å². The molecule has 0 spiro atoms. The molecule has 0 aromatic carbocycles. The van der Waals surface area contributed by atoms with E-state index in [1.807, 2.05) is 12.1 Å². The Morgan fingerprint density at radius 1 is 0.952 bits per heavy atom. The van der Waals surface area contributed by atoms with Crippen molar-refractivity contribution in [2.24, 2.45) is 0 Å². The molecule has 1 aromatic heterocycles. The fourth-order valence-corrected chi connectivity index (χ4v) is 2.56. The molecule has 0 N–H and O–H groups in total. The van der Waals surface area contributed by atoms with Crippen molar-refractivity contribution in [1.29, 1.82) is 0 Å². The van der Waals surface area contributed by atoms with E-state index in [4.69, 9.17) is 16.3 Å². The van der Waals surface area contributed by atoms with E-state index in [2.05, 4.69) is 11.9 Å². The zero-order valence-electron chi connectivity index (χ0n) is 13.5. The highest BCUT2D eigenvalue weighted by Crippen LogP contribution is 2.14. The van der Waals surface area contributed by atoms with Gasteiger partial charge in [-0.15, -0.1) is 0 Å². The molecule has 2 nitrogen and oxygen atoms in total. The van der Waals surface area contributed by atoms with Crippen molar-refractivity contribution < 1.29 is 4.74 Å². The summed E-state index contributed by atoms with van der Waals surface area (Å²) in [4.78, 5) is 4.21. The predicted octanol–water partition coefficient (Wildman–Crippen LogP) is 6.17. The summed E-state index contributed by atoms with van der Waals surface area (Å²) in [5, 5.41) is 0.695. The first-order chi connectivity index (χ1) is 10.3. The van der Waals surface area contributed by atoms with Crippen LogP contribution >= 0.6 is 11.6 Å². The third-order valence-corrected chi connectivity index (χ3v) is 4.06. The zero-order chi connectivity index (χ0) is 15.2. The summed E-state index contributed by atoms with van der Waals surface area (Å²) in [6, 6.07) is 3.70. The summed E-state index contributed by atoms with van der Waals surface area (Å²) in [6.07, 6.45) is 15.3. The van der Waals surface area contributed by atoms with Crippen molar-refractivity contribution in [2.45, 2.75) is 77.7 Å². The van der Waals surface area contributed by atoms with E-state index < -0.39 is 0 Å². The Bertz CT molecular complexity index is 357. The van der Waals surface area contributed by atoms with Crippen LogP contribution in [-0.4, -0.2) is 11.6 Å². The minimum absolute atomic E-state index is 0.525. The summed E-state index contributed by atoms with van der Waals surface area (Å²) < 4.78 is 5.63. The molecule has 0 saturated heterocycles. The SMILES string of the molecule is CCCCCCCCCCCCOCc1ncccc1Cl. The smallest absolute Gasteiger partial charge is 0.0903 e. The molecule has 0 fully saturated rings. The van der Waals surface area contributed by atoms with Crippen LogP contribution < -0.4 is 0 Å². The zero-order valence-corrected chi connectivity index (χ0v) is 14.2. The number of halogens is 1. The van der Waals surface area contributed by atoms with E-state index in [1.54, 1.807) is 6.20 Å². The molecule has 1 heterocycles. The fraction of sp³-hybridized carbons (Fsp3) is 0.722. The topological polar surface area (TPSA) is 22.1 Å². The van der Waals surface area contributed by atoms with Gasteiger partial charge in [0.05, 0.1) is 17.3 Å². The van der Waals surface area contributed by atoms with Crippen molar-refractivity contribution >= 4 is 11.6 Å². The van der Waals surface area contributed by atoms with Gasteiger partial charge < -0.3 is 4.74 Å². The first-order valence-corrected chi connectivity index (χ1v) is 8.89. The average Bonchev–Trinajstić information content (AvgIpc) is 2.50. The maximum absolute atomic E-state index is 6.02. The maximum Gasteiger partial charge on any atom is 0.0903 e. The van der Waals surface area contributed by atoms with Gasteiger partial charge in [-0.05, 0) is 18.6 Å². The lowest BCUT2D eigenvalue weighted by molar-refractivity contribution is 0.114. The summed E-state index contributed by atoms with van der Waals surface area (Å²) in [6.45, 7) is 3.60. The Morgan fingerprint density at radius 2 is 1.57 bits per heavy atom. The predicted molar refractivity (Wildman–Crippen MR) is 90.7 cm³/mol. The van der Waals surface area contributed by atoms with Gasteiger partial charge in [0.1, 0.15) is 0 Å². The largest absolute Gasteiger partial charge is 0.375 e. The van der Waals surface area contributed by atoms with Gasteiger partial charge in [-0.25, -0.2) is 0 Å². The lowest BCUT2D eigenvalue weighted by Gasteiger charge is -2.05. The van der Waals surface area contributed by atoms with Gasteiger partial charge in [0, 0.05) is 12.8 Å². The number of ether oxygens (including phenoxy) is 1. The normalized spacial score (nSPS) is 11.0. The van der Waals surface area contributed by atoms with Crippen LogP contribution in [0.3, 0.4) is 0 Å². The Kier molecular flexibility index (Phi) is 11.5. The average molecular weight is 312 g/mol. The molecule has 0 aliphatic rings. The molecule has 1 rings (SSSR count). The molecule has 0 radical (unpaired) electrons. The van der Waals surface area contributed by atoms with Crippen molar-refractivity contribution in [3.8, 4) is 0 Å². The van der Waals surface area contributed by atoms with Crippen LogP contribution in [-0.2, 0) is 11.3 Å². The summed E-state index contributed by atoms with van der Waals surface area (Å²) >= 11 is 6.02. The highest BCUT2D eigenvalue weighted by atomic mass is 35.5. The second-order valence-corrected chi connectivity index (χ2v) is 6.07. The maximum atomic E-state index is 6.02. The van der Waals surface area contributed by atoms with E-state index in [1.165, 1.54) is 57.8 Å². The summed E-state index contributed by atoms with van der Waals surface area (Å²) in [5.74, 6) is 0. The molecule has 0 saturated carbocycles. The number of unbranched alkanes of at least 4 members (excludes halogenated alkanes) is 9. The number of nitrogens with zero attached hydrogens (tertiary/aromatic N) is 1. The van der Waals surface area contributed by atoms with Gasteiger partial charge in [-0.3, -0.25) is 4.98 Å². The van der Waals surface area contributed by atoms with Crippen LogP contribution in [0.2, 0.25) is 5.02 Å². The highest BCUT2D eigenvalue weighted by molar-refractivity contribution is 6.31. The number of rotatable bonds is 13. The molecule has 21 heavy (non-hydrogen) atoms. The molecule has 0 unspecified atom stereocenters. The minimum atomic E-state index is 0.525.